The van der Waals surface area contributed by atoms with Gasteiger partial charge in [-0.3, -0.25) is 4.79 Å². The van der Waals surface area contributed by atoms with Gasteiger partial charge in [-0.2, -0.15) is 0 Å². The molecule has 0 spiro atoms. The maximum absolute atomic E-state index is 11.5. The van der Waals surface area contributed by atoms with Crippen molar-refractivity contribution in [3.63, 3.8) is 0 Å². The Morgan fingerprint density at radius 1 is 1.30 bits per heavy atom. The van der Waals surface area contributed by atoms with Gasteiger partial charge in [0.2, 0.25) is 5.91 Å². The lowest BCUT2D eigenvalue weighted by molar-refractivity contribution is -0.122. The Bertz CT molecular complexity index is 427. The summed E-state index contributed by atoms with van der Waals surface area (Å²) in [4.78, 5) is 11.5. The molecule has 0 saturated heterocycles. The molecule has 1 rings (SSSR count). The average Bonchev–Trinajstić information content (AvgIpc) is 2.45. The predicted molar refractivity (Wildman–Crippen MR) is 81.8 cm³/mol. The molecule has 0 saturated carbocycles. The van der Waals surface area contributed by atoms with Crippen LogP contribution in [0.2, 0.25) is 0 Å². The van der Waals surface area contributed by atoms with E-state index in [0.717, 1.165) is 12.0 Å². The number of halogens is 1. The molecule has 6 heteroatoms. The second kappa shape index (κ2) is 9.44. The van der Waals surface area contributed by atoms with E-state index in [0.29, 0.717) is 24.5 Å². The molecule has 0 aromatic heterocycles. The molecule has 0 radical (unpaired) electrons. The third-order valence-corrected chi connectivity index (χ3v) is 2.94. The maximum Gasteiger partial charge on any atom is 0.236 e. The van der Waals surface area contributed by atoms with Gasteiger partial charge in [-0.05, 0) is 30.5 Å². The average molecular weight is 303 g/mol. The molecule has 0 aliphatic carbocycles. The molecule has 114 valence electrons. The van der Waals surface area contributed by atoms with Crippen LogP contribution in [0.4, 0.5) is 0 Å². The van der Waals surface area contributed by atoms with Crippen molar-refractivity contribution in [3.05, 3.63) is 23.8 Å². The van der Waals surface area contributed by atoms with Crippen molar-refractivity contribution in [1.82, 2.24) is 5.32 Å². The summed E-state index contributed by atoms with van der Waals surface area (Å²) >= 11 is 0. The SMILES string of the molecule is CC[C@H](N)C(=O)NCCc1ccc(OC)c(OC)c1.Cl. The minimum atomic E-state index is -0.426. The molecule has 0 aliphatic rings. The highest BCUT2D eigenvalue weighted by molar-refractivity contribution is 5.85. The second-order valence-electron chi connectivity index (χ2n) is 4.25. The van der Waals surface area contributed by atoms with E-state index in [1.54, 1.807) is 14.2 Å². The summed E-state index contributed by atoms with van der Waals surface area (Å²) in [7, 11) is 3.20. The summed E-state index contributed by atoms with van der Waals surface area (Å²) < 4.78 is 10.4. The van der Waals surface area contributed by atoms with Gasteiger partial charge in [-0.25, -0.2) is 0 Å². The van der Waals surface area contributed by atoms with Gasteiger partial charge in [0.1, 0.15) is 0 Å². The molecule has 1 aromatic carbocycles. The number of carbonyl (C=O) groups is 1. The largest absolute Gasteiger partial charge is 0.493 e. The Labute approximate surface area is 126 Å². The van der Waals surface area contributed by atoms with E-state index in [1.807, 2.05) is 25.1 Å². The van der Waals surface area contributed by atoms with Crippen LogP contribution in [0, 0.1) is 0 Å². The fraction of sp³-hybridized carbons (Fsp3) is 0.500. The Kier molecular flexibility index (Phi) is 8.76. The third-order valence-electron chi connectivity index (χ3n) is 2.94. The minimum absolute atomic E-state index is 0. The topological polar surface area (TPSA) is 73.6 Å². The van der Waals surface area contributed by atoms with Crippen molar-refractivity contribution in [3.8, 4) is 11.5 Å². The summed E-state index contributed by atoms with van der Waals surface area (Å²) in [6.07, 6.45) is 1.37. The summed E-state index contributed by atoms with van der Waals surface area (Å²) in [5, 5.41) is 2.81. The standard InChI is InChI=1S/C14H22N2O3.ClH/c1-4-11(15)14(17)16-8-7-10-5-6-12(18-2)13(9-10)19-3;/h5-6,9,11H,4,7-8,15H2,1-3H3,(H,16,17);1H/t11-;/m0./s1. The first-order chi connectivity index (χ1) is 9.12. The molecule has 20 heavy (non-hydrogen) atoms. The smallest absolute Gasteiger partial charge is 0.236 e. The maximum atomic E-state index is 11.5. The van der Waals surface area contributed by atoms with Gasteiger partial charge in [-0.1, -0.05) is 13.0 Å². The Morgan fingerprint density at radius 3 is 2.50 bits per heavy atom. The van der Waals surface area contributed by atoms with E-state index >= 15 is 0 Å². The van der Waals surface area contributed by atoms with Crippen LogP contribution in [-0.4, -0.2) is 32.7 Å². The quantitative estimate of drug-likeness (QED) is 0.801. The van der Waals surface area contributed by atoms with Crippen LogP contribution in [0.15, 0.2) is 18.2 Å². The number of hydrogen-bond donors (Lipinski definition) is 2. The molecule has 1 amide bonds. The Balaban J connectivity index is 0.00000361. The highest BCUT2D eigenvalue weighted by atomic mass is 35.5. The van der Waals surface area contributed by atoms with Crippen molar-refractivity contribution in [2.75, 3.05) is 20.8 Å². The first kappa shape index (κ1) is 18.5. The lowest BCUT2D eigenvalue weighted by Gasteiger charge is -2.11. The summed E-state index contributed by atoms with van der Waals surface area (Å²) in [6.45, 7) is 2.45. The molecule has 0 fully saturated rings. The fourth-order valence-corrected chi connectivity index (χ4v) is 1.68. The Morgan fingerprint density at radius 2 is 1.95 bits per heavy atom. The van der Waals surface area contributed by atoms with Crippen molar-refractivity contribution < 1.29 is 14.3 Å². The number of benzene rings is 1. The zero-order valence-electron chi connectivity index (χ0n) is 12.1. The molecule has 3 N–H and O–H groups in total. The van der Waals surface area contributed by atoms with E-state index < -0.39 is 6.04 Å². The van der Waals surface area contributed by atoms with Gasteiger partial charge in [0, 0.05) is 6.54 Å². The van der Waals surface area contributed by atoms with Crippen LogP contribution < -0.4 is 20.5 Å². The zero-order chi connectivity index (χ0) is 14.3. The van der Waals surface area contributed by atoms with E-state index in [1.165, 1.54) is 0 Å². The van der Waals surface area contributed by atoms with Crippen LogP contribution in [-0.2, 0) is 11.2 Å². The van der Waals surface area contributed by atoms with Gasteiger partial charge < -0.3 is 20.5 Å². The third kappa shape index (κ3) is 5.27. The molecular formula is C14H23ClN2O3. The number of amides is 1. The summed E-state index contributed by atoms with van der Waals surface area (Å²) in [5.41, 5.74) is 6.70. The molecule has 1 aromatic rings. The lowest BCUT2D eigenvalue weighted by Crippen LogP contribution is -2.40. The fourth-order valence-electron chi connectivity index (χ4n) is 1.68. The number of rotatable bonds is 7. The first-order valence-corrected chi connectivity index (χ1v) is 6.36. The number of methoxy groups -OCH3 is 2. The number of nitrogens with one attached hydrogen (secondary N) is 1. The molecule has 5 nitrogen and oxygen atoms in total. The molecule has 0 bridgehead atoms. The monoisotopic (exact) mass is 302 g/mol. The minimum Gasteiger partial charge on any atom is -0.493 e. The van der Waals surface area contributed by atoms with Crippen LogP contribution in [0.3, 0.4) is 0 Å². The van der Waals surface area contributed by atoms with Crippen molar-refractivity contribution >= 4 is 18.3 Å². The van der Waals surface area contributed by atoms with E-state index in [9.17, 15) is 4.79 Å². The highest BCUT2D eigenvalue weighted by Gasteiger charge is 2.10. The van der Waals surface area contributed by atoms with Crippen LogP contribution in [0.1, 0.15) is 18.9 Å². The first-order valence-electron chi connectivity index (χ1n) is 6.36. The molecule has 0 unspecified atom stereocenters. The van der Waals surface area contributed by atoms with Crippen molar-refractivity contribution in [2.24, 2.45) is 5.73 Å². The highest BCUT2D eigenvalue weighted by Crippen LogP contribution is 2.27. The summed E-state index contributed by atoms with van der Waals surface area (Å²) in [6, 6.07) is 5.29. The van der Waals surface area contributed by atoms with Gasteiger partial charge in [0.25, 0.3) is 0 Å². The van der Waals surface area contributed by atoms with Crippen LogP contribution >= 0.6 is 12.4 Å². The van der Waals surface area contributed by atoms with Gasteiger partial charge in [0.15, 0.2) is 11.5 Å². The normalized spacial score (nSPS) is 11.2. The number of nitrogens with two attached hydrogens (primary N) is 1. The van der Waals surface area contributed by atoms with Crippen LogP contribution in [0.5, 0.6) is 11.5 Å². The molecule has 1 atom stereocenters. The number of carbonyl (C=O) groups excluding carboxylic acids is 1. The van der Waals surface area contributed by atoms with Crippen LogP contribution in [0.25, 0.3) is 0 Å². The van der Waals surface area contributed by atoms with Crippen molar-refractivity contribution in [2.45, 2.75) is 25.8 Å². The zero-order valence-corrected chi connectivity index (χ0v) is 13.0. The number of hydrogen-bond acceptors (Lipinski definition) is 4. The number of ether oxygens (including phenoxy) is 2. The molecular weight excluding hydrogens is 280 g/mol. The molecule has 0 heterocycles. The van der Waals surface area contributed by atoms with E-state index in [4.69, 9.17) is 15.2 Å². The van der Waals surface area contributed by atoms with Gasteiger partial charge in [0.05, 0.1) is 20.3 Å². The summed E-state index contributed by atoms with van der Waals surface area (Å²) in [5.74, 6) is 1.28. The van der Waals surface area contributed by atoms with E-state index in [-0.39, 0.29) is 18.3 Å². The molecule has 0 aliphatic heterocycles. The van der Waals surface area contributed by atoms with E-state index in [2.05, 4.69) is 5.32 Å². The Hall–Kier alpha value is -1.46. The van der Waals surface area contributed by atoms with Crippen molar-refractivity contribution in [1.29, 1.82) is 0 Å². The lowest BCUT2D eigenvalue weighted by atomic mass is 10.1. The predicted octanol–water partition coefficient (Wildman–Crippen LogP) is 1.52. The van der Waals surface area contributed by atoms with Gasteiger partial charge >= 0.3 is 0 Å². The second-order valence-corrected chi connectivity index (χ2v) is 4.25. The van der Waals surface area contributed by atoms with Gasteiger partial charge in [-0.15, -0.1) is 12.4 Å².